The Hall–Kier alpha value is -1.10. The number of nitrogens with one attached hydrogen (secondary N) is 1. The Kier molecular flexibility index (Phi) is 4.73. The van der Waals surface area contributed by atoms with Crippen LogP contribution in [0.4, 0.5) is 0 Å². The third-order valence-corrected chi connectivity index (χ3v) is 2.78. The van der Waals surface area contributed by atoms with Crippen molar-refractivity contribution < 1.29 is 14.6 Å². The number of unbranched alkanes of at least 4 members (excludes halogenated alkanes) is 1. The maximum absolute atomic E-state index is 11.5. The Labute approximate surface area is 95.7 Å². The van der Waals surface area contributed by atoms with E-state index in [1.807, 2.05) is 6.92 Å². The second kappa shape index (κ2) is 5.84. The standard InChI is InChI=1S/C11H20N2O3/c1-3-4-5-9(13(2)16)10(14)11(15)12-8-6-7-8/h8-10,14H,2-7H2,1H3,(H,12,15). The summed E-state index contributed by atoms with van der Waals surface area (Å²) in [5.74, 6) is -0.451. The van der Waals surface area contributed by atoms with Crippen LogP contribution in [-0.4, -0.2) is 40.7 Å². The highest BCUT2D eigenvalue weighted by Crippen LogP contribution is 2.19. The van der Waals surface area contributed by atoms with Crippen molar-refractivity contribution in [2.75, 3.05) is 0 Å². The van der Waals surface area contributed by atoms with E-state index in [1.165, 1.54) is 0 Å². The first kappa shape index (κ1) is 13.0. The first-order valence-corrected chi connectivity index (χ1v) is 5.81. The number of nitrogens with zero attached hydrogens (tertiary/aromatic N) is 1. The fourth-order valence-electron chi connectivity index (χ4n) is 1.56. The lowest BCUT2D eigenvalue weighted by molar-refractivity contribution is -0.503. The molecule has 0 radical (unpaired) electrons. The van der Waals surface area contributed by atoms with Crippen molar-refractivity contribution in [1.82, 2.24) is 5.32 Å². The maximum Gasteiger partial charge on any atom is 0.256 e. The number of hydrogen-bond donors (Lipinski definition) is 2. The van der Waals surface area contributed by atoms with Crippen molar-refractivity contribution in [3.05, 3.63) is 5.21 Å². The van der Waals surface area contributed by atoms with Gasteiger partial charge in [0.1, 0.15) is 6.72 Å². The summed E-state index contributed by atoms with van der Waals surface area (Å²) in [5.41, 5.74) is 0. The molecule has 2 atom stereocenters. The van der Waals surface area contributed by atoms with Crippen LogP contribution in [-0.2, 0) is 4.79 Å². The molecule has 92 valence electrons. The molecule has 0 aromatic heterocycles. The van der Waals surface area contributed by atoms with Gasteiger partial charge in [0.05, 0.1) is 0 Å². The van der Waals surface area contributed by atoms with E-state index in [9.17, 15) is 15.1 Å². The normalized spacial score (nSPS) is 18.9. The zero-order chi connectivity index (χ0) is 12.1. The second-order valence-electron chi connectivity index (χ2n) is 4.35. The van der Waals surface area contributed by atoms with Crippen molar-refractivity contribution >= 4 is 12.6 Å². The molecule has 1 aliphatic rings. The first-order valence-electron chi connectivity index (χ1n) is 5.81. The van der Waals surface area contributed by atoms with Gasteiger partial charge in [-0.1, -0.05) is 13.3 Å². The smallest absolute Gasteiger partial charge is 0.256 e. The van der Waals surface area contributed by atoms with Crippen molar-refractivity contribution in [2.24, 2.45) is 0 Å². The van der Waals surface area contributed by atoms with E-state index in [-0.39, 0.29) is 6.04 Å². The Bertz CT molecular complexity index is 264. The zero-order valence-corrected chi connectivity index (χ0v) is 9.69. The number of hydroxylamine groups is 1. The maximum atomic E-state index is 11.5. The van der Waals surface area contributed by atoms with Crippen molar-refractivity contribution in [3.63, 3.8) is 0 Å². The number of amides is 1. The number of rotatable bonds is 7. The van der Waals surface area contributed by atoms with Gasteiger partial charge in [0, 0.05) is 12.5 Å². The third-order valence-electron chi connectivity index (χ3n) is 2.78. The molecule has 1 amide bonds. The molecule has 1 saturated carbocycles. The highest BCUT2D eigenvalue weighted by atomic mass is 16.5. The van der Waals surface area contributed by atoms with E-state index in [1.54, 1.807) is 0 Å². The van der Waals surface area contributed by atoms with Crippen LogP contribution in [0.15, 0.2) is 0 Å². The van der Waals surface area contributed by atoms with Crippen LogP contribution in [0.5, 0.6) is 0 Å². The molecule has 0 bridgehead atoms. The van der Waals surface area contributed by atoms with Crippen LogP contribution in [0.2, 0.25) is 0 Å². The van der Waals surface area contributed by atoms with Crippen molar-refractivity contribution in [1.29, 1.82) is 0 Å². The topological polar surface area (TPSA) is 75.4 Å². The molecule has 0 spiro atoms. The average Bonchev–Trinajstić information content (AvgIpc) is 3.01. The van der Waals surface area contributed by atoms with Crippen LogP contribution >= 0.6 is 0 Å². The minimum Gasteiger partial charge on any atom is -0.624 e. The summed E-state index contributed by atoms with van der Waals surface area (Å²) in [5, 5.41) is 23.6. The van der Waals surface area contributed by atoms with E-state index in [0.717, 1.165) is 25.7 Å². The number of hydrogen-bond acceptors (Lipinski definition) is 3. The van der Waals surface area contributed by atoms with Gasteiger partial charge in [-0.15, -0.1) is 0 Å². The molecular weight excluding hydrogens is 208 g/mol. The highest BCUT2D eigenvalue weighted by Gasteiger charge is 2.34. The van der Waals surface area contributed by atoms with Crippen molar-refractivity contribution in [2.45, 2.75) is 57.2 Å². The summed E-state index contributed by atoms with van der Waals surface area (Å²) in [7, 11) is 0. The fraction of sp³-hybridized carbons (Fsp3) is 0.818. The van der Waals surface area contributed by atoms with E-state index < -0.39 is 18.1 Å². The lowest BCUT2D eigenvalue weighted by atomic mass is 10.0. The molecule has 5 heteroatoms. The van der Waals surface area contributed by atoms with E-state index in [0.29, 0.717) is 11.2 Å². The molecule has 2 N–H and O–H groups in total. The van der Waals surface area contributed by atoms with Gasteiger partial charge in [0.2, 0.25) is 0 Å². The molecule has 0 aromatic carbocycles. The van der Waals surface area contributed by atoms with E-state index >= 15 is 0 Å². The third kappa shape index (κ3) is 3.81. The molecule has 0 heterocycles. The number of aliphatic hydroxyl groups excluding tert-OH is 1. The van der Waals surface area contributed by atoms with Crippen LogP contribution < -0.4 is 5.32 Å². The fourth-order valence-corrected chi connectivity index (χ4v) is 1.56. The number of carbonyl (C=O) groups is 1. The van der Waals surface area contributed by atoms with Crippen LogP contribution in [0, 0.1) is 5.21 Å². The van der Waals surface area contributed by atoms with E-state index in [2.05, 4.69) is 12.0 Å². The Morgan fingerprint density at radius 1 is 1.69 bits per heavy atom. The largest absolute Gasteiger partial charge is 0.624 e. The van der Waals surface area contributed by atoms with Gasteiger partial charge < -0.3 is 15.6 Å². The number of carbonyl (C=O) groups excluding carboxylic acids is 1. The Morgan fingerprint density at radius 2 is 2.31 bits per heavy atom. The predicted molar refractivity (Wildman–Crippen MR) is 61.2 cm³/mol. The monoisotopic (exact) mass is 228 g/mol. The summed E-state index contributed by atoms with van der Waals surface area (Å²) in [6.45, 7) is 5.22. The van der Waals surface area contributed by atoms with Gasteiger partial charge in [0.25, 0.3) is 5.91 Å². The zero-order valence-electron chi connectivity index (χ0n) is 9.69. The lowest BCUT2D eigenvalue weighted by Gasteiger charge is -2.20. The highest BCUT2D eigenvalue weighted by molar-refractivity contribution is 5.81. The number of aliphatic hydroxyl groups is 1. The average molecular weight is 228 g/mol. The summed E-state index contributed by atoms with van der Waals surface area (Å²) in [6, 6.07) is -0.544. The quantitative estimate of drug-likeness (QED) is 0.286. The molecule has 16 heavy (non-hydrogen) atoms. The molecule has 0 saturated heterocycles. The summed E-state index contributed by atoms with van der Waals surface area (Å²) in [4.78, 5) is 11.5. The second-order valence-corrected chi connectivity index (χ2v) is 4.35. The molecule has 1 rings (SSSR count). The Morgan fingerprint density at radius 3 is 2.75 bits per heavy atom. The molecule has 1 aliphatic carbocycles. The molecule has 1 fully saturated rings. The summed E-state index contributed by atoms with van der Waals surface area (Å²) in [6.07, 6.45) is 2.85. The Balaban J connectivity index is 2.46. The van der Waals surface area contributed by atoms with Gasteiger partial charge in [-0.25, -0.2) is 4.74 Å². The first-order chi connectivity index (χ1) is 7.56. The predicted octanol–water partition coefficient (Wildman–Crippen LogP) is 0.396. The minimum absolute atomic E-state index is 0.193. The van der Waals surface area contributed by atoms with E-state index in [4.69, 9.17) is 0 Å². The van der Waals surface area contributed by atoms with Crippen LogP contribution in [0.3, 0.4) is 0 Å². The van der Waals surface area contributed by atoms with Gasteiger partial charge in [0.15, 0.2) is 12.1 Å². The summed E-state index contributed by atoms with van der Waals surface area (Å²) < 4.78 is 0.437. The SMILES string of the molecule is C=[N+]([O-])C(CCCC)C(O)C(=O)NC1CC1. The van der Waals surface area contributed by atoms with Gasteiger partial charge in [-0.2, -0.15) is 0 Å². The molecule has 0 aliphatic heterocycles. The van der Waals surface area contributed by atoms with Crippen LogP contribution in [0.25, 0.3) is 0 Å². The molecule has 5 nitrogen and oxygen atoms in total. The molecule has 2 unspecified atom stereocenters. The molecule has 0 aromatic rings. The van der Waals surface area contributed by atoms with Crippen LogP contribution in [0.1, 0.15) is 39.0 Å². The minimum atomic E-state index is -1.28. The summed E-state index contributed by atoms with van der Waals surface area (Å²) >= 11 is 0. The van der Waals surface area contributed by atoms with Gasteiger partial charge in [-0.05, 0) is 19.3 Å². The van der Waals surface area contributed by atoms with Gasteiger partial charge in [-0.3, -0.25) is 4.79 Å². The molecular formula is C11H20N2O3. The lowest BCUT2D eigenvalue weighted by Crippen LogP contribution is -2.46. The van der Waals surface area contributed by atoms with Gasteiger partial charge >= 0.3 is 0 Å². The van der Waals surface area contributed by atoms with Crippen molar-refractivity contribution in [3.8, 4) is 0 Å².